The molecule has 3 atom stereocenters. The molecule has 104 valence electrons. The van der Waals surface area contributed by atoms with E-state index < -0.39 is 18.1 Å². The van der Waals surface area contributed by atoms with Gasteiger partial charge in [0, 0.05) is 5.92 Å². The molecule has 0 amide bonds. The van der Waals surface area contributed by atoms with Crippen molar-refractivity contribution in [2.75, 3.05) is 0 Å². The maximum atomic E-state index is 12.1. The zero-order chi connectivity index (χ0) is 14.4. The Morgan fingerprint density at radius 1 is 1.32 bits per heavy atom. The molecule has 0 saturated heterocycles. The second-order valence-corrected chi connectivity index (χ2v) is 4.92. The van der Waals surface area contributed by atoms with E-state index in [0.29, 0.717) is 12.2 Å². The van der Waals surface area contributed by atoms with Crippen molar-refractivity contribution in [2.45, 2.75) is 39.6 Å². The number of ketones is 1. The molecule has 1 N–H and O–H groups in total. The fourth-order valence-corrected chi connectivity index (χ4v) is 1.83. The van der Waals surface area contributed by atoms with Crippen LogP contribution in [-0.4, -0.2) is 23.1 Å². The molecule has 0 saturated carbocycles. The van der Waals surface area contributed by atoms with Crippen LogP contribution in [0.25, 0.3) is 0 Å². The van der Waals surface area contributed by atoms with Crippen molar-refractivity contribution in [3.63, 3.8) is 0 Å². The lowest BCUT2D eigenvalue weighted by molar-refractivity contribution is -0.136. The number of hydrogen-bond acceptors (Lipinski definition) is 3. The first-order valence-electron chi connectivity index (χ1n) is 6.46. The second-order valence-electron chi connectivity index (χ2n) is 4.92. The van der Waals surface area contributed by atoms with Gasteiger partial charge in [0.05, 0.1) is 12.7 Å². The summed E-state index contributed by atoms with van der Waals surface area (Å²) in [4.78, 5) is 12.1. The number of ether oxygens (including phenoxy) is 1. The third-order valence-electron chi connectivity index (χ3n) is 3.17. The number of rotatable bonds is 7. The van der Waals surface area contributed by atoms with Crippen LogP contribution in [0.1, 0.15) is 26.3 Å². The molecular weight excluding hydrogens is 240 g/mol. The van der Waals surface area contributed by atoms with Gasteiger partial charge in [-0.2, -0.15) is 0 Å². The van der Waals surface area contributed by atoms with Crippen molar-refractivity contribution in [3.8, 4) is 0 Å². The molecule has 19 heavy (non-hydrogen) atoms. The van der Waals surface area contributed by atoms with E-state index in [4.69, 9.17) is 4.74 Å². The lowest BCUT2D eigenvalue weighted by Gasteiger charge is -2.21. The van der Waals surface area contributed by atoms with E-state index in [1.165, 1.54) is 0 Å². The molecule has 0 radical (unpaired) electrons. The van der Waals surface area contributed by atoms with Crippen LogP contribution in [0.5, 0.6) is 0 Å². The predicted molar refractivity (Wildman–Crippen MR) is 75.7 cm³/mol. The van der Waals surface area contributed by atoms with Gasteiger partial charge in [-0.25, -0.2) is 0 Å². The van der Waals surface area contributed by atoms with Crippen molar-refractivity contribution in [3.05, 3.63) is 48.0 Å². The van der Waals surface area contributed by atoms with Crippen molar-refractivity contribution >= 4 is 5.78 Å². The number of Topliss-reactive ketones (excluding diaryl/α,β-unsaturated/α-hetero) is 1. The molecule has 3 heteroatoms. The molecule has 0 unspecified atom stereocenters. The van der Waals surface area contributed by atoms with Crippen molar-refractivity contribution in [2.24, 2.45) is 5.92 Å². The van der Waals surface area contributed by atoms with Crippen molar-refractivity contribution in [1.29, 1.82) is 0 Å². The Bertz CT molecular complexity index is 425. The highest BCUT2D eigenvalue weighted by Crippen LogP contribution is 2.15. The van der Waals surface area contributed by atoms with E-state index in [9.17, 15) is 9.90 Å². The molecule has 1 aromatic rings. The average molecular weight is 262 g/mol. The van der Waals surface area contributed by atoms with E-state index in [1.54, 1.807) is 20.8 Å². The van der Waals surface area contributed by atoms with Crippen LogP contribution in [-0.2, 0) is 16.1 Å². The first-order chi connectivity index (χ1) is 8.93. The summed E-state index contributed by atoms with van der Waals surface area (Å²) < 4.78 is 5.55. The molecule has 3 nitrogen and oxygen atoms in total. The Balaban J connectivity index is 2.51. The smallest absolute Gasteiger partial charge is 0.166 e. The van der Waals surface area contributed by atoms with Gasteiger partial charge in [-0.15, -0.1) is 0 Å². The Morgan fingerprint density at radius 2 is 1.89 bits per heavy atom. The van der Waals surface area contributed by atoms with E-state index in [0.717, 1.165) is 5.56 Å². The average Bonchev–Trinajstić information content (AvgIpc) is 2.43. The molecule has 1 rings (SSSR count). The summed E-state index contributed by atoms with van der Waals surface area (Å²) in [5.74, 6) is -0.602. The first kappa shape index (κ1) is 15.6. The molecule has 0 aliphatic carbocycles. The van der Waals surface area contributed by atoms with Crippen LogP contribution in [0.2, 0.25) is 0 Å². The third kappa shape index (κ3) is 4.62. The summed E-state index contributed by atoms with van der Waals surface area (Å²) >= 11 is 0. The van der Waals surface area contributed by atoms with Gasteiger partial charge in [0.2, 0.25) is 0 Å². The molecule has 0 fully saturated rings. The number of carbonyl (C=O) groups is 1. The summed E-state index contributed by atoms with van der Waals surface area (Å²) in [6.45, 7) is 9.19. The highest BCUT2D eigenvalue weighted by Gasteiger charge is 2.27. The second kappa shape index (κ2) is 7.22. The Labute approximate surface area is 114 Å². The van der Waals surface area contributed by atoms with Crippen LogP contribution in [0.15, 0.2) is 42.5 Å². The lowest BCUT2D eigenvalue weighted by Crippen LogP contribution is -2.34. The molecule has 0 heterocycles. The number of benzene rings is 1. The minimum atomic E-state index is -0.810. The van der Waals surface area contributed by atoms with E-state index in [1.807, 2.05) is 30.3 Å². The largest absolute Gasteiger partial charge is 0.388 e. The zero-order valence-electron chi connectivity index (χ0n) is 11.8. The fourth-order valence-electron chi connectivity index (χ4n) is 1.83. The van der Waals surface area contributed by atoms with Gasteiger partial charge in [0.25, 0.3) is 0 Å². The maximum Gasteiger partial charge on any atom is 0.166 e. The van der Waals surface area contributed by atoms with Crippen molar-refractivity contribution < 1.29 is 14.6 Å². The van der Waals surface area contributed by atoms with Crippen LogP contribution in [0.4, 0.5) is 0 Å². The molecule has 1 aromatic carbocycles. The summed E-state index contributed by atoms with van der Waals surface area (Å²) in [5, 5.41) is 9.82. The number of hydrogen-bond donors (Lipinski definition) is 1. The minimum Gasteiger partial charge on any atom is -0.388 e. The quantitative estimate of drug-likeness (QED) is 0.769. The Hall–Kier alpha value is -1.45. The maximum absolute atomic E-state index is 12.1. The van der Waals surface area contributed by atoms with Gasteiger partial charge in [0.1, 0.15) is 6.10 Å². The summed E-state index contributed by atoms with van der Waals surface area (Å²) in [6.07, 6.45) is -1.35. The SMILES string of the molecule is C=C(C)[C@@H](O)[C@H](C)C(=O)[C@H](C)OCc1ccccc1. The highest BCUT2D eigenvalue weighted by molar-refractivity contribution is 5.85. The van der Waals surface area contributed by atoms with Crippen molar-refractivity contribution in [1.82, 2.24) is 0 Å². The molecule has 0 bridgehead atoms. The van der Waals surface area contributed by atoms with E-state index >= 15 is 0 Å². The van der Waals surface area contributed by atoms with Gasteiger partial charge in [-0.1, -0.05) is 49.4 Å². The topological polar surface area (TPSA) is 46.5 Å². The van der Waals surface area contributed by atoms with E-state index in [2.05, 4.69) is 6.58 Å². The highest BCUT2D eigenvalue weighted by atomic mass is 16.5. The zero-order valence-corrected chi connectivity index (χ0v) is 11.8. The van der Waals surface area contributed by atoms with Crippen LogP contribution in [0.3, 0.4) is 0 Å². The van der Waals surface area contributed by atoms with Gasteiger partial charge in [-0.05, 0) is 19.4 Å². The molecular formula is C16H22O3. The van der Waals surface area contributed by atoms with Crippen LogP contribution >= 0.6 is 0 Å². The predicted octanol–water partition coefficient (Wildman–Crippen LogP) is 2.73. The number of aliphatic hydroxyl groups excluding tert-OH is 1. The third-order valence-corrected chi connectivity index (χ3v) is 3.17. The Kier molecular flexibility index (Phi) is 5.93. The Morgan fingerprint density at radius 3 is 2.42 bits per heavy atom. The lowest BCUT2D eigenvalue weighted by atomic mass is 9.93. The molecule has 0 aliphatic heterocycles. The van der Waals surface area contributed by atoms with Gasteiger partial charge in [0.15, 0.2) is 5.78 Å². The fraction of sp³-hybridized carbons (Fsp3) is 0.438. The minimum absolute atomic E-state index is 0.105. The molecule has 0 spiro atoms. The van der Waals surface area contributed by atoms with Gasteiger partial charge >= 0.3 is 0 Å². The summed E-state index contributed by atoms with van der Waals surface area (Å²) in [7, 11) is 0. The van der Waals surface area contributed by atoms with E-state index in [-0.39, 0.29) is 5.78 Å². The number of aliphatic hydroxyl groups is 1. The number of carbonyl (C=O) groups excluding carboxylic acids is 1. The summed E-state index contributed by atoms with van der Waals surface area (Å²) in [6, 6.07) is 9.69. The van der Waals surface area contributed by atoms with Crippen LogP contribution < -0.4 is 0 Å². The van der Waals surface area contributed by atoms with Gasteiger partial charge < -0.3 is 9.84 Å². The van der Waals surface area contributed by atoms with Crippen LogP contribution in [0, 0.1) is 5.92 Å². The molecule has 0 aliphatic rings. The first-order valence-corrected chi connectivity index (χ1v) is 6.46. The monoisotopic (exact) mass is 262 g/mol. The van der Waals surface area contributed by atoms with Gasteiger partial charge in [-0.3, -0.25) is 4.79 Å². The molecule has 0 aromatic heterocycles. The normalized spacial score (nSPS) is 15.6. The standard InChI is InChI=1S/C16H22O3/c1-11(2)15(17)12(3)16(18)13(4)19-10-14-8-6-5-7-9-14/h5-9,12-13,15,17H,1,10H2,2-4H3/t12-,13-,15+/m0/s1. The summed E-state index contributed by atoms with van der Waals surface area (Å²) in [5.41, 5.74) is 1.62.